The highest BCUT2D eigenvalue weighted by Crippen LogP contribution is 2.12. The fraction of sp³-hybridized carbons (Fsp3) is 0. The highest BCUT2D eigenvalue weighted by atomic mass is 32.1. The second-order valence-electron chi connectivity index (χ2n) is 3.34. The summed E-state index contributed by atoms with van der Waals surface area (Å²) < 4.78 is 25.4. The summed E-state index contributed by atoms with van der Waals surface area (Å²) in [6.45, 7) is 0. The van der Waals surface area contributed by atoms with Crippen LogP contribution in [0.4, 0.5) is 8.78 Å². The smallest absolute Gasteiger partial charge is 0.123 e. The molecule has 0 amide bonds. The van der Waals surface area contributed by atoms with Gasteiger partial charge in [-0.1, -0.05) is 36.5 Å². The zero-order valence-corrected chi connectivity index (χ0v) is 9.10. The van der Waals surface area contributed by atoms with E-state index >= 15 is 0 Å². The molecule has 0 N–H and O–H groups in total. The van der Waals surface area contributed by atoms with E-state index < -0.39 is 0 Å². The highest BCUT2D eigenvalue weighted by molar-refractivity contribution is 7.81. The summed E-state index contributed by atoms with van der Waals surface area (Å²) >= 11 is 5.23. The van der Waals surface area contributed by atoms with Crippen LogP contribution in [0.3, 0.4) is 0 Å². The Hall–Kier alpha value is -1.61. The average molecular weight is 234 g/mol. The van der Waals surface area contributed by atoms with Gasteiger partial charge in [0.15, 0.2) is 0 Å². The zero-order chi connectivity index (χ0) is 11.5. The Kier molecular flexibility index (Phi) is 3.06. The van der Waals surface area contributed by atoms with Gasteiger partial charge >= 0.3 is 0 Å². The fourth-order valence-electron chi connectivity index (χ4n) is 1.37. The molecule has 0 bridgehead atoms. The van der Waals surface area contributed by atoms with Gasteiger partial charge in [-0.05, 0) is 35.4 Å². The minimum Gasteiger partial charge on any atom is -0.207 e. The van der Waals surface area contributed by atoms with Gasteiger partial charge in [0.2, 0.25) is 0 Å². The van der Waals surface area contributed by atoms with Gasteiger partial charge in [0.25, 0.3) is 0 Å². The molecule has 0 radical (unpaired) electrons. The van der Waals surface area contributed by atoms with Gasteiger partial charge in [-0.2, -0.15) is 0 Å². The summed E-state index contributed by atoms with van der Waals surface area (Å²) in [6, 6.07) is 11.9. The van der Waals surface area contributed by atoms with Gasteiger partial charge in [-0.3, -0.25) is 0 Å². The standard InChI is InChI=1S/C13H8F2S/c14-11-5-1-9(2-6-11)13(16)10-3-7-12(15)8-4-10/h1-8H. The number of benzene rings is 2. The molecule has 0 aliphatic carbocycles. The molecule has 2 aromatic carbocycles. The maximum absolute atomic E-state index is 12.7. The molecule has 0 nitrogen and oxygen atoms in total. The first kappa shape index (κ1) is 10.9. The molecule has 0 fully saturated rings. The molecule has 0 heterocycles. The van der Waals surface area contributed by atoms with Gasteiger partial charge in [-0.15, -0.1) is 0 Å². The molecule has 3 heteroatoms. The maximum atomic E-state index is 12.7. The van der Waals surface area contributed by atoms with E-state index in [0.717, 1.165) is 11.1 Å². The third-order valence-corrected chi connectivity index (χ3v) is 2.68. The quantitative estimate of drug-likeness (QED) is 0.563. The maximum Gasteiger partial charge on any atom is 0.123 e. The van der Waals surface area contributed by atoms with E-state index in [0.29, 0.717) is 4.86 Å². The SMILES string of the molecule is Fc1ccc(C(=S)c2ccc(F)cc2)cc1. The molecule has 16 heavy (non-hydrogen) atoms. The lowest BCUT2D eigenvalue weighted by molar-refractivity contribution is 0.627. The van der Waals surface area contributed by atoms with Crippen molar-refractivity contribution < 1.29 is 8.78 Å². The molecule has 0 spiro atoms. The van der Waals surface area contributed by atoms with Crippen molar-refractivity contribution in [3.05, 3.63) is 71.3 Å². The summed E-state index contributed by atoms with van der Waals surface area (Å²) in [5, 5.41) is 0. The predicted octanol–water partition coefficient (Wildman–Crippen LogP) is 3.73. The summed E-state index contributed by atoms with van der Waals surface area (Å²) in [4.78, 5) is 0.583. The molecular weight excluding hydrogens is 226 g/mol. The van der Waals surface area contributed by atoms with Gasteiger partial charge in [-0.25, -0.2) is 8.78 Å². The van der Waals surface area contributed by atoms with Crippen LogP contribution in [0.15, 0.2) is 48.5 Å². The second kappa shape index (κ2) is 4.49. The topological polar surface area (TPSA) is 0 Å². The summed E-state index contributed by atoms with van der Waals surface area (Å²) in [6.07, 6.45) is 0. The second-order valence-corrected chi connectivity index (χ2v) is 3.75. The summed E-state index contributed by atoms with van der Waals surface area (Å²) in [5.74, 6) is -0.601. The first-order valence-corrected chi connectivity index (χ1v) is 5.13. The van der Waals surface area contributed by atoms with Crippen molar-refractivity contribution >= 4 is 17.1 Å². The Morgan fingerprint density at radius 2 is 1.00 bits per heavy atom. The molecule has 0 unspecified atom stereocenters. The van der Waals surface area contributed by atoms with Crippen LogP contribution >= 0.6 is 12.2 Å². The van der Waals surface area contributed by atoms with E-state index in [1.54, 1.807) is 24.3 Å². The molecule has 0 atom stereocenters. The van der Waals surface area contributed by atoms with Crippen LogP contribution in [0.5, 0.6) is 0 Å². The van der Waals surface area contributed by atoms with Crippen molar-refractivity contribution in [2.45, 2.75) is 0 Å². The van der Waals surface area contributed by atoms with E-state index in [1.165, 1.54) is 24.3 Å². The van der Waals surface area contributed by atoms with Crippen LogP contribution in [-0.2, 0) is 0 Å². The van der Waals surface area contributed by atoms with E-state index in [9.17, 15) is 8.78 Å². The Morgan fingerprint density at radius 1 is 0.688 bits per heavy atom. The van der Waals surface area contributed by atoms with E-state index in [1.807, 2.05) is 0 Å². The normalized spacial score (nSPS) is 10.1. The van der Waals surface area contributed by atoms with Crippen LogP contribution in [0.25, 0.3) is 0 Å². The van der Waals surface area contributed by atoms with Crippen LogP contribution < -0.4 is 0 Å². The monoisotopic (exact) mass is 234 g/mol. The molecule has 80 valence electrons. The molecule has 0 aliphatic rings. The van der Waals surface area contributed by atoms with Crippen LogP contribution in [0, 0.1) is 11.6 Å². The van der Waals surface area contributed by atoms with Crippen molar-refractivity contribution in [1.82, 2.24) is 0 Å². The van der Waals surface area contributed by atoms with E-state index in [2.05, 4.69) is 0 Å². The zero-order valence-electron chi connectivity index (χ0n) is 8.28. The van der Waals surface area contributed by atoms with Gasteiger partial charge < -0.3 is 0 Å². The Morgan fingerprint density at radius 3 is 1.31 bits per heavy atom. The molecule has 0 aliphatic heterocycles. The van der Waals surface area contributed by atoms with Crippen molar-refractivity contribution in [1.29, 1.82) is 0 Å². The largest absolute Gasteiger partial charge is 0.207 e. The van der Waals surface area contributed by atoms with Crippen LogP contribution in [0.2, 0.25) is 0 Å². The number of thiocarbonyl (C=S) groups is 1. The molecule has 2 aromatic rings. The summed E-state index contributed by atoms with van der Waals surface area (Å²) in [5.41, 5.74) is 1.51. The molecular formula is C13H8F2S. The highest BCUT2D eigenvalue weighted by Gasteiger charge is 2.04. The molecule has 0 saturated heterocycles. The van der Waals surface area contributed by atoms with Crippen LogP contribution in [0.1, 0.15) is 11.1 Å². The minimum atomic E-state index is -0.300. The predicted molar refractivity (Wildman–Crippen MR) is 63.6 cm³/mol. The molecule has 2 rings (SSSR count). The lowest BCUT2D eigenvalue weighted by Crippen LogP contribution is -1.99. The lowest BCUT2D eigenvalue weighted by atomic mass is 10.0. The third-order valence-electron chi connectivity index (χ3n) is 2.21. The number of rotatable bonds is 2. The van der Waals surface area contributed by atoms with Crippen molar-refractivity contribution in [2.75, 3.05) is 0 Å². The molecule has 0 aromatic heterocycles. The first-order valence-electron chi connectivity index (χ1n) is 4.72. The van der Waals surface area contributed by atoms with Gasteiger partial charge in [0, 0.05) is 0 Å². The minimum absolute atomic E-state index is 0.300. The third kappa shape index (κ3) is 2.31. The van der Waals surface area contributed by atoms with Gasteiger partial charge in [0.1, 0.15) is 11.6 Å². The first-order chi connectivity index (χ1) is 7.66. The summed E-state index contributed by atoms with van der Waals surface area (Å²) in [7, 11) is 0. The molecule has 0 saturated carbocycles. The van der Waals surface area contributed by atoms with E-state index in [-0.39, 0.29) is 11.6 Å². The number of hydrogen-bond donors (Lipinski definition) is 0. The van der Waals surface area contributed by atoms with Gasteiger partial charge in [0.05, 0.1) is 4.86 Å². The van der Waals surface area contributed by atoms with Crippen molar-refractivity contribution in [3.63, 3.8) is 0 Å². The average Bonchev–Trinajstić information content (AvgIpc) is 2.30. The van der Waals surface area contributed by atoms with Crippen LogP contribution in [-0.4, -0.2) is 4.86 Å². The Bertz CT molecular complexity index is 453. The number of halogens is 2. The van der Waals surface area contributed by atoms with E-state index in [4.69, 9.17) is 12.2 Å². The number of hydrogen-bond acceptors (Lipinski definition) is 1. The Balaban J connectivity index is 2.32. The lowest BCUT2D eigenvalue weighted by Gasteiger charge is -2.03. The van der Waals surface area contributed by atoms with Crippen molar-refractivity contribution in [3.8, 4) is 0 Å². The Labute approximate surface area is 97.5 Å². The fourth-order valence-corrected chi connectivity index (χ4v) is 1.64. The van der Waals surface area contributed by atoms with Crippen molar-refractivity contribution in [2.24, 2.45) is 0 Å².